The SMILES string of the molecule is O=C(NCc1ccnc(-n2ccnc2)c1)NC(CO)c1ccccc1. The van der Waals surface area contributed by atoms with Gasteiger partial charge in [-0.15, -0.1) is 0 Å². The zero-order valence-electron chi connectivity index (χ0n) is 13.5. The van der Waals surface area contributed by atoms with Crippen molar-refractivity contribution in [1.82, 2.24) is 25.2 Å². The number of imidazole rings is 1. The highest BCUT2D eigenvalue weighted by Gasteiger charge is 2.13. The molecule has 7 heteroatoms. The van der Waals surface area contributed by atoms with Crippen molar-refractivity contribution in [3.8, 4) is 5.82 Å². The Morgan fingerprint density at radius 3 is 2.76 bits per heavy atom. The number of hydrogen-bond acceptors (Lipinski definition) is 4. The highest BCUT2D eigenvalue weighted by atomic mass is 16.3. The number of pyridine rings is 1. The fourth-order valence-corrected chi connectivity index (χ4v) is 2.42. The van der Waals surface area contributed by atoms with Crippen molar-refractivity contribution in [2.75, 3.05) is 6.61 Å². The van der Waals surface area contributed by atoms with E-state index in [1.54, 1.807) is 29.5 Å². The highest BCUT2D eigenvalue weighted by molar-refractivity contribution is 5.74. The molecule has 25 heavy (non-hydrogen) atoms. The van der Waals surface area contributed by atoms with E-state index >= 15 is 0 Å². The normalized spacial score (nSPS) is 11.7. The van der Waals surface area contributed by atoms with E-state index in [1.807, 2.05) is 42.5 Å². The molecule has 128 valence electrons. The topological polar surface area (TPSA) is 92.1 Å². The molecule has 2 heterocycles. The monoisotopic (exact) mass is 337 g/mol. The summed E-state index contributed by atoms with van der Waals surface area (Å²) in [6.07, 6.45) is 6.83. The Bertz CT molecular complexity index is 805. The first kappa shape index (κ1) is 16.7. The van der Waals surface area contributed by atoms with Crippen LogP contribution in [-0.2, 0) is 6.54 Å². The van der Waals surface area contributed by atoms with Gasteiger partial charge in [0.25, 0.3) is 0 Å². The summed E-state index contributed by atoms with van der Waals surface area (Å²) < 4.78 is 1.79. The number of urea groups is 1. The van der Waals surface area contributed by atoms with Crippen molar-refractivity contribution >= 4 is 6.03 Å². The Labute approximate surface area is 145 Å². The predicted molar refractivity (Wildman–Crippen MR) is 93.0 cm³/mol. The van der Waals surface area contributed by atoms with Gasteiger partial charge in [-0.05, 0) is 23.3 Å². The molecule has 0 fully saturated rings. The van der Waals surface area contributed by atoms with Crippen molar-refractivity contribution in [3.63, 3.8) is 0 Å². The molecule has 1 unspecified atom stereocenters. The van der Waals surface area contributed by atoms with Crippen molar-refractivity contribution in [2.45, 2.75) is 12.6 Å². The molecule has 0 aliphatic heterocycles. The van der Waals surface area contributed by atoms with Crippen LogP contribution in [0.15, 0.2) is 67.4 Å². The second kappa shape index (κ2) is 8.07. The van der Waals surface area contributed by atoms with Crippen LogP contribution in [0.25, 0.3) is 5.82 Å². The summed E-state index contributed by atoms with van der Waals surface area (Å²) in [5.74, 6) is 0.731. The van der Waals surface area contributed by atoms with Crippen molar-refractivity contribution in [3.05, 3.63) is 78.5 Å². The largest absolute Gasteiger partial charge is 0.394 e. The molecule has 2 amide bonds. The van der Waals surface area contributed by atoms with Crippen molar-refractivity contribution in [1.29, 1.82) is 0 Å². The second-order valence-corrected chi connectivity index (χ2v) is 5.47. The molecular weight excluding hydrogens is 318 g/mol. The third-order valence-corrected chi connectivity index (χ3v) is 3.72. The molecule has 1 atom stereocenters. The first-order chi connectivity index (χ1) is 12.3. The summed E-state index contributed by atoms with van der Waals surface area (Å²) in [6.45, 7) is 0.181. The number of rotatable bonds is 6. The van der Waals surface area contributed by atoms with Crippen molar-refractivity contribution in [2.24, 2.45) is 0 Å². The van der Waals surface area contributed by atoms with Gasteiger partial charge in [0.2, 0.25) is 0 Å². The van der Waals surface area contributed by atoms with E-state index in [-0.39, 0.29) is 12.6 Å². The lowest BCUT2D eigenvalue weighted by Gasteiger charge is -2.17. The average Bonchev–Trinajstić information content (AvgIpc) is 3.20. The first-order valence-corrected chi connectivity index (χ1v) is 7.89. The molecule has 0 aliphatic rings. The van der Waals surface area contributed by atoms with Gasteiger partial charge < -0.3 is 15.7 Å². The molecule has 2 aromatic heterocycles. The first-order valence-electron chi connectivity index (χ1n) is 7.89. The summed E-state index contributed by atoms with van der Waals surface area (Å²) >= 11 is 0. The molecule has 0 saturated heterocycles. The second-order valence-electron chi connectivity index (χ2n) is 5.47. The molecule has 0 aliphatic carbocycles. The quantitative estimate of drug-likeness (QED) is 0.639. The average molecular weight is 337 g/mol. The zero-order valence-corrected chi connectivity index (χ0v) is 13.5. The van der Waals surface area contributed by atoms with Crippen LogP contribution in [-0.4, -0.2) is 32.3 Å². The molecular formula is C18H19N5O2. The van der Waals surface area contributed by atoms with Gasteiger partial charge in [0.05, 0.1) is 12.6 Å². The maximum Gasteiger partial charge on any atom is 0.315 e. The van der Waals surface area contributed by atoms with E-state index in [2.05, 4.69) is 20.6 Å². The summed E-state index contributed by atoms with van der Waals surface area (Å²) in [7, 11) is 0. The van der Waals surface area contributed by atoms with Gasteiger partial charge in [-0.3, -0.25) is 4.57 Å². The molecule has 3 rings (SSSR count). The van der Waals surface area contributed by atoms with Gasteiger partial charge >= 0.3 is 6.03 Å². The minimum Gasteiger partial charge on any atom is -0.394 e. The maximum atomic E-state index is 12.1. The minimum absolute atomic E-state index is 0.169. The lowest BCUT2D eigenvalue weighted by molar-refractivity contribution is 0.216. The van der Waals surface area contributed by atoms with Gasteiger partial charge in [-0.1, -0.05) is 30.3 Å². The number of hydrogen-bond donors (Lipinski definition) is 3. The Hall–Kier alpha value is -3.19. The number of nitrogens with zero attached hydrogens (tertiary/aromatic N) is 3. The fraction of sp³-hybridized carbons (Fsp3) is 0.167. The van der Waals surface area contributed by atoms with E-state index in [4.69, 9.17) is 0 Å². The fourth-order valence-electron chi connectivity index (χ4n) is 2.42. The van der Waals surface area contributed by atoms with Gasteiger partial charge in [0.1, 0.15) is 12.1 Å². The molecule has 7 nitrogen and oxygen atoms in total. The molecule has 1 aromatic carbocycles. The standard InChI is InChI=1S/C18H19N5O2/c24-12-16(15-4-2-1-3-5-15)22-18(25)21-11-14-6-7-20-17(10-14)23-9-8-19-13-23/h1-10,13,16,24H,11-12H2,(H2,21,22,25). The van der Waals surface area contributed by atoms with Crippen LogP contribution in [0.2, 0.25) is 0 Å². The van der Waals surface area contributed by atoms with Gasteiger partial charge in [-0.2, -0.15) is 0 Å². The number of amides is 2. The molecule has 0 spiro atoms. The van der Waals surface area contributed by atoms with Crippen LogP contribution in [0.4, 0.5) is 4.79 Å². The number of carbonyl (C=O) groups is 1. The Balaban J connectivity index is 1.58. The van der Waals surface area contributed by atoms with E-state index in [0.717, 1.165) is 16.9 Å². The van der Waals surface area contributed by atoms with Crippen LogP contribution in [0.3, 0.4) is 0 Å². The summed E-state index contributed by atoms with van der Waals surface area (Å²) in [5.41, 5.74) is 1.76. The van der Waals surface area contributed by atoms with Crippen LogP contribution >= 0.6 is 0 Å². The number of nitrogens with one attached hydrogen (secondary N) is 2. The Morgan fingerprint density at radius 2 is 2.04 bits per heavy atom. The molecule has 3 aromatic rings. The predicted octanol–water partition coefficient (Wildman–Crippen LogP) is 1.80. The molecule has 0 saturated carbocycles. The number of aliphatic hydroxyl groups is 1. The van der Waals surface area contributed by atoms with Crippen LogP contribution in [0.5, 0.6) is 0 Å². The van der Waals surface area contributed by atoms with Crippen LogP contribution < -0.4 is 10.6 Å². The van der Waals surface area contributed by atoms with Crippen LogP contribution in [0.1, 0.15) is 17.2 Å². The van der Waals surface area contributed by atoms with Crippen molar-refractivity contribution < 1.29 is 9.90 Å². The van der Waals surface area contributed by atoms with Gasteiger partial charge in [0.15, 0.2) is 0 Å². The van der Waals surface area contributed by atoms with E-state index in [0.29, 0.717) is 6.54 Å². The van der Waals surface area contributed by atoms with Gasteiger partial charge in [-0.25, -0.2) is 14.8 Å². The van der Waals surface area contributed by atoms with E-state index in [1.165, 1.54) is 0 Å². The zero-order chi connectivity index (χ0) is 17.5. The Kier molecular flexibility index (Phi) is 5.38. The molecule has 0 radical (unpaired) electrons. The lowest BCUT2D eigenvalue weighted by atomic mass is 10.1. The van der Waals surface area contributed by atoms with E-state index < -0.39 is 6.04 Å². The number of carbonyl (C=O) groups excluding carboxylic acids is 1. The number of benzene rings is 1. The maximum absolute atomic E-state index is 12.1. The Morgan fingerprint density at radius 1 is 1.20 bits per heavy atom. The minimum atomic E-state index is -0.444. The van der Waals surface area contributed by atoms with Gasteiger partial charge in [0, 0.05) is 25.1 Å². The number of aliphatic hydroxyl groups excluding tert-OH is 1. The molecule has 0 bridgehead atoms. The number of aromatic nitrogens is 3. The summed E-state index contributed by atoms with van der Waals surface area (Å²) in [4.78, 5) is 20.4. The van der Waals surface area contributed by atoms with Crippen LogP contribution in [0, 0.1) is 0 Å². The smallest absolute Gasteiger partial charge is 0.315 e. The summed E-state index contributed by atoms with van der Waals surface area (Å²) in [6, 6.07) is 12.3. The lowest BCUT2D eigenvalue weighted by Crippen LogP contribution is -2.38. The van der Waals surface area contributed by atoms with E-state index in [9.17, 15) is 9.90 Å². The summed E-state index contributed by atoms with van der Waals surface area (Å²) in [5, 5.41) is 15.1. The molecule has 3 N–H and O–H groups in total. The highest BCUT2D eigenvalue weighted by Crippen LogP contribution is 2.11. The third kappa shape index (κ3) is 4.42. The third-order valence-electron chi connectivity index (χ3n) is 3.72.